The smallest absolute Gasteiger partial charge is 0.361 e. The first-order valence-corrected chi connectivity index (χ1v) is 22.2. The molecule has 0 saturated heterocycles. The molecule has 1 aromatic heterocycles. The van der Waals surface area contributed by atoms with E-state index in [9.17, 15) is 0 Å². The first-order valence-electron chi connectivity index (χ1n) is 22.2. The van der Waals surface area contributed by atoms with E-state index in [0.29, 0.717) is 0 Å². The minimum atomic E-state index is -0.179. The van der Waals surface area contributed by atoms with Crippen LogP contribution >= 0.6 is 0 Å². The molecule has 0 spiro atoms. The van der Waals surface area contributed by atoms with Crippen molar-refractivity contribution < 1.29 is 0 Å². The molecule has 0 fully saturated rings. The lowest BCUT2D eigenvalue weighted by atomic mass is 9.53. The SMILES string of the molecule is c1ccc(N2B3c4c(cc(-c5ccc6c(c5)c5ccccc5n6-c5ccccc5)cc4-c4ccccc4N3c3ccc4c5ccccc5c5ccccc5c4c3)-c3ccccc32)cc1. The quantitative estimate of drug-likeness (QED) is 0.130. The molecule has 0 unspecified atom stereocenters. The number of aromatic nitrogens is 1. The monoisotopic (exact) mass is 811 g/mol. The summed E-state index contributed by atoms with van der Waals surface area (Å²) < 4.78 is 2.40. The fourth-order valence-corrected chi connectivity index (χ4v) is 11.2. The molecule has 11 aromatic carbocycles. The molecule has 4 heteroatoms. The van der Waals surface area contributed by atoms with Gasteiger partial charge in [0, 0.05) is 50.3 Å². The number of anilines is 4. The third-order valence-electron chi connectivity index (χ3n) is 13.9. The van der Waals surface area contributed by atoms with Crippen LogP contribution < -0.4 is 15.1 Å². The van der Waals surface area contributed by atoms with Gasteiger partial charge in [-0.3, -0.25) is 0 Å². The van der Waals surface area contributed by atoms with E-state index in [1.54, 1.807) is 0 Å². The van der Waals surface area contributed by atoms with Crippen molar-refractivity contribution in [2.75, 3.05) is 9.62 Å². The van der Waals surface area contributed by atoms with E-state index < -0.39 is 0 Å². The van der Waals surface area contributed by atoms with E-state index in [1.165, 1.54) is 110 Å². The number of nitrogens with zero attached hydrogens (tertiary/aromatic N) is 3. The summed E-state index contributed by atoms with van der Waals surface area (Å²) in [5.41, 5.74) is 17.0. The van der Waals surface area contributed by atoms with Gasteiger partial charge in [0.15, 0.2) is 0 Å². The molecule has 3 heterocycles. The molecule has 0 N–H and O–H groups in total. The molecular weight excluding hydrogens is 773 g/mol. The summed E-state index contributed by atoms with van der Waals surface area (Å²) in [6, 6.07) is 85.4. The number of benzene rings is 11. The molecule has 12 aromatic rings. The molecule has 0 aliphatic carbocycles. The van der Waals surface area contributed by atoms with Crippen molar-refractivity contribution in [1.82, 2.24) is 4.57 Å². The second kappa shape index (κ2) is 13.6. The van der Waals surface area contributed by atoms with Gasteiger partial charge in [0.25, 0.3) is 0 Å². The minimum Gasteiger partial charge on any atom is -0.361 e. The maximum atomic E-state index is 2.61. The molecule has 2 aliphatic rings. The summed E-state index contributed by atoms with van der Waals surface area (Å²) in [6.07, 6.45) is 0. The average molecular weight is 812 g/mol. The molecule has 0 atom stereocenters. The topological polar surface area (TPSA) is 11.4 Å². The minimum absolute atomic E-state index is 0.179. The van der Waals surface area contributed by atoms with Crippen LogP contribution in [0.25, 0.3) is 93.2 Å². The Kier molecular flexibility index (Phi) is 7.49. The number of hydrogen-bond donors (Lipinski definition) is 0. The van der Waals surface area contributed by atoms with E-state index in [4.69, 9.17) is 0 Å². The van der Waals surface area contributed by atoms with Crippen LogP contribution in [-0.2, 0) is 0 Å². The van der Waals surface area contributed by atoms with E-state index >= 15 is 0 Å². The Bertz CT molecular complexity index is 3820. The highest BCUT2D eigenvalue weighted by Crippen LogP contribution is 2.51. The molecule has 296 valence electrons. The maximum Gasteiger partial charge on any atom is 0.421 e. The van der Waals surface area contributed by atoms with Crippen molar-refractivity contribution in [3.05, 3.63) is 231 Å². The number of para-hydroxylation sites is 5. The van der Waals surface area contributed by atoms with Gasteiger partial charge in [-0.15, -0.1) is 0 Å². The summed E-state index contributed by atoms with van der Waals surface area (Å²) in [7, 11) is 0. The van der Waals surface area contributed by atoms with Gasteiger partial charge in [0.1, 0.15) is 0 Å². The highest BCUT2D eigenvalue weighted by molar-refractivity contribution is 6.86. The predicted octanol–water partition coefficient (Wildman–Crippen LogP) is 15.2. The molecule has 14 rings (SSSR count). The summed E-state index contributed by atoms with van der Waals surface area (Å²) in [5, 5.41) is 10.2. The van der Waals surface area contributed by atoms with Gasteiger partial charge in [-0.2, -0.15) is 0 Å². The Morgan fingerprint density at radius 1 is 0.266 bits per heavy atom. The highest BCUT2D eigenvalue weighted by atomic mass is 15.2. The molecule has 0 amide bonds. The van der Waals surface area contributed by atoms with Crippen LogP contribution in [0.3, 0.4) is 0 Å². The molecule has 0 bridgehead atoms. The highest BCUT2D eigenvalue weighted by Gasteiger charge is 2.47. The second-order valence-corrected chi connectivity index (χ2v) is 17.2. The lowest BCUT2D eigenvalue weighted by molar-refractivity contribution is 1.18. The zero-order chi connectivity index (χ0) is 41.9. The van der Waals surface area contributed by atoms with Crippen molar-refractivity contribution in [3.8, 4) is 39.1 Å². The summed E-state index contributed by atoms with van der Waals surface area (Å²) in [5.74, 6) is 0. The zero-order valence-corrected chi connectivity index (χ0v) is 34.9. The number of hydrogen-bond acceptors (Lipinski definition) is 2. The molecule has 3 nitrogen and oxygen atoms in total. The standard InChI is InChI=1S/C60H38BN3/c1-3-17-41(18-4-1)62-56-28-14-11-25-49(56)53-35-39(31-34-57(53)62)40-36-54-50-26-12-15-29-58(50)63(42-19-5-2-6-20-42)61-60(54)55(37-40)51-27-13-16-30-59(51)64(61)43-32-33-48-46-23-8-7-21-44(46)45-22-9-10-24-47(45)52(48)38-43/h1-38H. The fraction of sp³-hybridized carbons (Fsp3) is 0. The molecule has 2 aliphatic heterocycles. The second-order valence-electron chi connectivity index (χ2n) is 17.2. The van der Waals surface area contributed by atoms with Crippen molar-refractivity contribution in [1.29, 1.82) is 0 Å². The van der Waals surface area contributed by atoms with Crippen molar-refractivity contribution in [3.63, 3.8) is 0 Å². The Morgan fingerprint density at radius 2 is 0.750 bits per heavy atom. The first-order chi connectivity index (χ1) is 31.8. The van der Waals surface area contributed by atoms with Crippen LogP contribution in [-0.4, -0.2) is 11.5 Å². The van der Waals surface area contributed by atoms with Crippen LogP contribution in [0.4, 0.5) is 22.7 Å². The van der Waals surface area contributed by atoms with E-state index in [2.05, 4.69) is 245 Å². The van der Waals surface area contributed by atoms with Gasteiger partial charge in [-0.1, -0.05) is 152 Å². The van der Waals surface area contributed by atoms with Crippen LogP contribution in [0.1, 0.15) is 0 Å². The largest absolute Gasteiger partial charge is 0.421 e. The lowest BCUT2D eigenvalue weighted by Crippen LogP contribution is -2.61. The molecule has 0 saturated carbocycles. The average Bonchev–Trinajstić information content (AvgIpc) is 3.70. The molecule has 64 heavy (non-hydrogen) atoms. The Labute approximate surface area is 371 Å². The van der Waals surface area contributed by atoms with Gasteiger partial charge in [0.2, 0.25) is 0 Å². The first kappa shape index (κ1) is 35.3. The van der Waals surface area contributed by atoms with E-state index in [-0.39, 0.29) is 6.98 Å². The Morgan fingerprint density at radius 3 is 1.39 bits per heavy atom. The van der Waals surface area contributed by atoms with Gasteiger partial charge in [-0.25, -0.2) is 0 Å². The van der Waals surface area contributed by atoms with Crippen LogP contribution in [0.5, 0.6) is 0 Å². The van der Waals surface area contributed by atoms with E-state index in [1.807, 2.05) is 0 Å². The van der Waals surface area contributed by atoms with Crippen molar-refractivity contribution in [2.24, 2.45) is 0 Å². The third-order valence-corrected chi connectivity index (χ3v) is 13.9. The maximum absolute atomic E-state index is 2.61. The van der Waals surface area contributed by atoms with Crippen LogP contribution in [0.15, 0.2) is 231 Å². The third kappa shape index (κ3) is 4.99. The normalized spacial score (nSPS) is 12.9. The summed E-state index contributed by atoms with van der Waals surface area (Å²) in [4.78, 5) is 5.18. The van der Waals surface area contributed by atoms with Crippen LogP contribution in [0, 0.1) is 0 Å². The van der Waals surface area contributed by atoms with Crippen molar-refractivity contribution >= 4 is 89.3 Å². The van der Waals surface area contributed by atoms with Crippen molar-refractivity contribution in [2.45, 2.75) is 0 Å². The molecular formula is C60H38BN3. The van der Waals surface area contributed by atoms with Gasteiger partial charge in [-0.05, 0) is 139 Å². The predicted molar refractivity (Wildman–Crippen MR) is 272 cm³/mol. The fourth-order valence-electron chi connectivity index (χ4n) is 11.2. The number of fused-ring (bicyclic) bond motifs is 13. The summed E-state index contributed by atoms with van der Waals surface area (Å²) in [6.45, 7) is -0.179. The summed E-state index contributed by atoms with van der Waals surface area (Å²) >= 11 is 0. The van der Waals surface area contributed by atoms with Gasteiger partial charge >= 0.3 is 6.98 Å². The van der Waals surface area contributed by atoms with Crippen LogP contribution in [0.2, 0.25) is 0 Å². The van der Waals surface area contributed by atoms with E-state index in [0.717, 1.165) is 11.4 Å². The lowest BCUT2D eigenvalue weighted by Gasteiger charge is -2.48. The number of rotatable bonds is 4. The van der Waals surface area contributed by atoms with Gasteiger partial charge in [0.05, 0.1) is 11.0 Å². The molecule has 0 radical (unpaired) electrons. The van der Waals surface area contributed by atoms with Gasteiger partial charge < -0.3 is 14.2 Å². The Balaban J connectivity index is 1.04. The Hall–Kier alpha value is -8.34. The zero-order valence-electron chi connectivity index (χ0n) is 34.9.